The van der Waals surface area contributed by atoms with Gasteiger partial charge in [-0.3, -0.25) is 0 Å². The molecule has 0 aliphatic rings. The van der Waals surface area contributed by atoms with Gasteiger partial charge in [-0.1, -0.05) is 48.0 Å². The average molecular weight is 338 g/mol. The fourth-order valence-corrected chi connectivity index (χ4v) is 3.46. The van der Waals surface area contributed by atoms with E-state index in [4.69, 9.17) is 4.74 Å². The Labute approximate surface area is 147 Å². The average Bonchev–Trinajstić information content (AvgIpc) is 3.08. The van der Waals surface area contributed by atoms with Crippen molar-refractivity contribution < 1.29 is 4.74 Å². The molecule has 0 atom stereocenters. The van der Waals surface area contributed by atoms with Gasteiger partial charge in [-0.15, -0.1) is 11.3 Å². The second-order valence-corrected chi connectivity index (χ2v) is 6.84. The molecule has 3 nitrogen and oxygen atoms in total. The molecule has 0 aliphatic heterocycles. The van der Waals surface area contributed by atoms with Gasteiger partial charge in [-0.05, 0) is 37.1 Å². The van der Waals surface area contributed by atoms with Gasteiger partial charge in [-0.2, -0.15) is 0 Å². The third kappa shape index (κ3) is 4.22. The Morgan fingerprint density at radius 1 is 1.08 bits per heavy atom. The van der Waals surface area contributed by atoms with Crippen LogP contribution in [-0.4, -0.2) is 18.6 Å². The maximum absolute atomic E-state index is 5.38. The van der Waals surface area contributed by atoms with Crippen molar-refractivity contribution in [2.45, 2.75) is 19.9 Å². The maximum atomic E-state index is 5.38. The molecule has 3 rings (SSSR count). The lowest BCUT2D eigenvalue weighted by atomic mass is 10.1. The van der Waals surface area contributed by atoms with Crippen LogP contribution >= 0.6 is 11.3 Å². The zero-order valence-corrected chi connectivity index (χ0v) is 14.9. The van der Waals surface area contributed by atoms with E-state index >= 15 is 0 Å². The van der Waals surface area contributed by atoms with E-state index in [9.17, 15) is 0 Å². The van der Waals surface area contributed by atoms with Gasteiger partial charge in [0, 0.05) is 12.7 Å². The number of thiazole rings is 1. The first kappa shape index (κ1) is 16.7. The van der Waals surface area contributed by atoms with Crippen molar-refractivity contribution in [1.29, 1.82) is 0 Å². The Bertz CT molecular complexity index is 780. The number of para-hydroxylation sites is 1. The first-order chi connectivity index (χ1) is 11.8. The molecule has 3 aromatic rings. The molecule has 0 fully saturated rings. The number of aromatic nitrogens is 1. The highest BCUT2D eigenvalue weighted by molar-refractivity contribution is 7.15. The van der Waals surface area contributed by atoms with Crippen molar-refractivity contribution in [2.75, 3.05) is 13.7 Å². The molecule has 0 radical (unpaired) electrons. The van der Waals surface area contributed by atoms with Crippen LogP contribution in [0.15, 0.2) is 54.7 Å². The lowest BCUT2D eigenvalue weighted by Gasteiger charge is -2.08. The number of nitrogens with zero attached hydrogens (tertiary/aromatic N) is 1. The minimum atomic E-state index is 0.797. The predicted octanol–water partition coefficient (Wildman–Crippen LogP) is 4.46. The van der Waals surface area contributed by atoms with Crippen LogP contribution in [-0.2, 0) is 13.0 Å². The van der Waals surface area contributed by atoms with Crippen molar-refractivity contribution in [3.05, 3.63) is 70.9 Å². The highest BCUT2D eigenvalue weighted by atomic mass is 32.1. The van der Waals surface area contributed by atoms with Crippen molar-refractivity contribution in [3.63, 3.8) is 0 Å². The van der Waals surface area contributed by atoms with E-state index in [-0.39, 0.29) is 0 Å². The Morgan fingerprint density at radius 3 is 2.67 bits per heavy atom. The highest BCUT2D eigenvalue weighted by Gasteiger charge is 2.05. The number of ether oxygens (including phenoxy) is 1. The second-order valence-electron chi connectivity index (χ2n) is 5.72. The number of nitrogens with one attached hydrogen (secondary N) is 1. The Balaban J connectivity index is 1.52. The van der Waals surface area contributed by atoms with Crippen LogP contribution in [0.3, 0.4) is 0 Å². The zero-order chi connectivity index (χ0) is 16.8. The fraction of sp³-hybridized carbons (Fsp3) is 0.250. The van der Waals surface area contributed by atoms with E-state index in [0.717, 1.165) is 30.3 Å². The summed E-state index contributed by atoms with van der Waals surface area (Å²) in [6.45, 7) is 3.80. The summed E-state index contributed by atoms with van der Waals surface area (Å²) in [4.78, 5) is 5.74. The smallest absolute Gasteiger partial charge is 0.122 e. The summed E-state index contributed by atoms with van der Waals surface area (Å²) in [7, 11) is 1.72. The number of methoxy groups -OCH3 is 1. The summed E-state index contributed by atoms with van der Waals surface area (Å²) in [6.07, 6.45) is 2.91. The van der Waals surface area contributed by atoms with Gasteiger partial charge in [0.1, 0.15) is 10.8 Å². The van der Waals surface area contributed by atoms with Gasteiger partial charge < -0.3 is 10.1 Å². The third-order valence-corrected chi connectivity index (χ3v) is 4.98. The highest BCUT2D eigenvalue weighted by Crippen LogP contribution is 2.26. The van der Waals surface area contributed by atoms with E-state index in [1.54, 1.807) is 18.4 Å². The molecule has 0 spiro atoms. The Kier molecular flexibility index (Phi) is 5.62. The largest absolute Gasteiger partial charge is 0.496 e. The summed E-state index contributed by atoms with van der Waals surface area (Å²) in [6, 6.07) is 16.7. The van der Waals surface area contributed by atoms with Gasteiger partial charge in [0.15, 0.2) is 0 Å². The predicted molar refractivity (Wildman–Crippen MR) is 101 cm³/mol. The molecular weight excluding hydrogens is 316 g/mol. The fourth-order valence-electron chi connectivity index (χ4n) is 2.57. The zero-order valence-electron chi connectivity index (χ0n) is 14.1. The standard InChI is InChI=1S/C20H22N2OS/c1-15-7-9-17(10-8-15)19-13-22-20(24-19)14-21-12-11-16-5-3-4-6-18(16)23-2/h3-10,13,21H,11-12,14H2,1-2H3. The molecule has 0 saturated heterocycles. The summed E-state index contributed by atoms with van der Waals surface area (Å²) in [5, 5.41) is 4.58. The van der Waals surface area contributed by atoms with Crippen LogP contribution in [0.2, 0.25) is 0 Å². The molecule has 0 aliphatic carbocycles. The molecule has 0 unspecified atom stereocenters. The monoisotopic (exact) mass is 338 g/mol. The minimum absolute atomic E-state index is 0.797. The molecule has 1 aromatic heterocycles. The molecule has 4 heteroatoms. The van der Waals surface area contributed by atoms with Crippen LogP contribution in [0.25, 0.3) is 10.4 Å². The van der Waals surface area contributed by atoms with E-state index in [1.807, 2.05) is 24.4 Å². The van der Waals surface area contributed by atoms with Crippen LogP contribution < -0.4 is 10.1 Å². The minimum Gasteiger partial charge on any atom is -0.496 e. The Hall–Kier alpha value is -2.17. The number of hydrogen-bond donors (Lipinski definition) is 1. The van der Waals surface area contributed by atoms with Crippen LogP contribution in [0.1, 0.15) is 16.1 Å². The number of aryl methyl sites for hydroxylation is 1. The van der Waals surface area contributed by atoms with Crippen molar-refractivity contribution in [1.82, 2.24) is 10.3 Å². The first-order valence-electron chi connectivity index (χ1n) is 8.10. The molecular formula is C20H22N2OS. The van der Waals surface area contributed by atoms with E-state index < -0.39 is 0 Å². The quantitative estimate of drug-likeness (QED) is 0.646. The molecule has 124 valence electrons. The lowest BCUT2D eigenvalue weighted by Crippen LogP contribution is -2.16. The van der Waals surface area contributed by atoms with Crippen LogP contribution in [0.5, 0.6) is 5.75 Å². The van der Waals surface area contributed by atoms with Crippen molar-refractivity contribution in [3.8, 4) is 16.2 Å². The maximum Gasteiger partial charge on any atom is 0.122 e. The van der Waals surface area contributed by atoms with Gasteiger partial charge in [0.25, 0.3) is 0 Å². The van der Waals surface area contributed by atoms with Crippen LogP contribution in [0.4, 0.5) is 0 Å². The molecule has 0 amide bonds. The number of hydrogen-bond acceptors (Lipinski definition) is 4. The number of rotatable bonds is 7. The topological polar surface area (TPSA) is 34.1 Å². The second kappa shape index (κ2) is 8.08. The van der Waals surface area contributed by atoms with E-state index in [0.29, 0.717) is 0 Å². The molecule has 0 bridgehead atoms. The van der Waals surface area contributed by atoms with Gasteiger partial charge in [-0.25, -0.2) is 4.98 Å². The molecule has 24 heavy (non-hydrogen) atoms. The molecule has 2 aromatic carbocycles. The molecule has 0 saturated carbocycles. The molecule has 1 N–H and O–H groups in total. The number of benzene rings is 2. The normalized spacial score (nSPS) is 10.8. The van der Waals surface area contributed by atoms with Crippen molar-refractivity contribution >= 4 is 11.3 Å². The summed E-state index contributed by atoms with van der Waals surface area (Å²) in [5.41, 5.74) is 3.74. The SMILES string of the molecule is COc1ccccc1CCNCc1ncc(-c2ccc(C)cc2)s1. The van der Waals surface area contributed by atoms with Gasteiger partial charge in [0.2, 0.25) is 0 Å². The third-order valence-electron chi connectivity index (χ3n) is 3.93. The molecule has 1 heterocycles. The van der Waals surface area contributed by atoms with Gasteiger partial charge in [0.05, 0.1) is 12.0 Å². The Morgan fingerprint density at radius 2 is 1.88 bits per heavy atom. The van der Waals surface area contributed by atoms with Gasteiger partial charge >= 0.3 is 0 Å². The van der Waals surface area contributed by atoms with E-state index in [1.165, 1.54) is 21.6 Å². The first-order valence-corrected chi connectivity index (χ1v) is 8.92. The van der Waals surface area contributed by atoms with Crippen molar-refractivity contribution in [2.24, 2.45) is 0 Å². The lowest BCUT2D eigenvalue weighted by molar-refractivity contribution is 0.409. The van der Waals surface area contributed by atoms with Crippen LogP contribution in [0, 0.1) is 6.92 Å². The summed E-state index contributed by atoms with van der Waals surface area (Å²) < 4.78 is 5.38. The summed E-state index contributed by atoms with van der Waals surface area (Å²) >= 11 is 1.75. The summed E-state index contributed by atoms with van der Waals surface area (Å²) in [5.74, 6) is 0.954. The van der Waals surface area contributed by atoms with E-state index in [2.05, 4.69) is 47.6 Å².